The molecule has 0 aromatic carbocycles. The van der Waals surface area contributed by atoms with Gasteiger partial charge in [-0.05, 0) is 0 Å². The first-order valence-electron chi connectivity index (χ1n) is 7.96. The van der Waals surface area contributed by atoms with Gasteiger partial charge >= 0.3 is 23.9 Å². The van der Waals surface area contributed by atoms with Crippen LogP contribution in [0.3, 0.4) is 0 Å². The Hall–Kier alpha value is -2.16. The highest BCUT2D eigenvalue weighted by Crippen LogP contribution is 2.30. The van der Waals surface area contributed by atoms with E-state index in [9.17, 15) is 39.6 Å². The lowest BCUT2D eigenvalue weighted by molar-refractivity contribution is -0.206. The predicted octanol–water partition coefficient (Wildman–Crippen LogP) is -3.13. The van der Waals surface area contributed by atoms with Crippen LogP contribution >= 0.6 is 0 Å². The molecule has 3 atom stereocenters. The molecule has 0 heterocycles. The summed E-state index contributed by atoms with van der Waals surface area (Å²) < 4.78 is 14.6. The molecule has 0 saturated carbocycles. The quantitative estimate of drug-likeness (QED) is 0.123. The fraction of sp³-hybridized carbons (Fsp3) is 0.733. The molecule has 0 aliphatic carbocycles. The Morgan fingerprint density at radius 2 is 1.36 bits per heavy atom. The van der Waals surface area contributed by atoms with Crippen LogP contribution in [0, 0.1) is 0 Å². The molecule has 0 fully saturated rings. The van der Waals surface area contributed by atoms with Crippen LogP contribution in [-0.4, -0.2) is 105 Å². The van der Waals surface area contributed by atoms with Crippen LogP contribution < -0.4 is 0 Å². The van der Waals surface area contributed by atoms with Gasteiger partial charge in [0.15, 0.2) is 6.10 Å². The first-order valence-corrected chi connectivity index (χ1v) is 7.96. The zero-order chi connectivity index (χ0) is 21.9. The van der Waals surface area contributed by atoms with Crippen molar-refractivity contribution in [1.82, 2.24) is 0 Å². The van der Waals surface area contributed by atoms with Crippen molar-refractivity contribution in [2.24, 2.45) is 0 Å². The first kappa shape index (κ1) is 25.8. The Morgan fingerprint density at radius 1 is 0.893 bits per heavy atom. The molecule has 0 aromatic rings. The number of carbonyl (C=O) groups excluding carboxylic acids is 2. The topological polar surface area (TPSA) is 217 Å². The third-order valence-electron chi connectivity index (χ3n) is 3.28. The summed E-state index contributed by atoms with van der Waals surface area (Å²) in [5.41, 5.74) is -2.48. The van der Waals surface area contributed by atoms with Crippen molar-refractivity contribution in [3.8, 4) is 0 Å². The molecule has 0 spiro atoms. The molecule has 0 aliphatic heterocycles. The van der Waals surface area contributed by atoms with Gasteiger partial charge in [0, 0.05) is 6.92 Å². The van der Waals surface area contributed by atoms with Crippen molar-refractivity contribution in [3.63, 3.8) is 0 Å². The van der Waals surface area contributed by atoms with Gasteiger partial charge < -0.3 is 44.8 Å². The lowest BCUT2D eigenvalue weighted by Gasteiger charge is -2.37. The summed E-state index contributed by atoms with van der Waals surface area (Å²) in [4.78, 5) is 46.0. The molecule has 162 valence electrons. The van der Waals surface area contributed by atoms with E-state index in [4.69, 9.17) is 19.7 Å². The molecular weight excluding hydrogens is 388 g/mol. The predicted molar refractivity (Wildman–Crippen MR) is 85.9 cm³/mol. The standard InChI is InChI=1S/C15H24O13/c1-8(18)28-14(25)13(26-6-9(19)4-16)15(2-11(21)22,3-12(23)24)27-7-10(20)5-17/h9-10,13,16-17,19-20H,2-7H2,1H3,(H,21,22)(H,23,24). The average molecular weight is 412 g/mol. The van der Waals surface area contributed by atoms with Crippen molar-refractivity contribution in [2.45, 2.75) is 43.7 Å². The van der Waals surface area contributed by atoms with E-state index in [0.29, 0.717) is 0 Å². The zero-order valence-corrected chi connectivity index (χ0v) is 15.0. The molecule has 0 aliphatic rings. The monoisotopic (exact) mass is 412 g/mol. The number of rotatable bonds is 14. The number of ether oxygens (including phenoxy) is 3. The summed E-state index contributed by atoms with van der Waals surface area (Å²) in [7, 11) is 0. The lowest BCUT2D eigenvalue weighted by Crippen LogP contribution is -2.55. The van der Waals surface area contributed by atoms with E-state index in [1.54, 1.807) is 0 Å². The summed E-state index contributed by atoms with van der Waals surface area (Å²) >= 11 is 0. The highest BCUT2D eigenvalue weighted by Gasteiger charge is 2.50. The van der Waals surface area contributed by atoms with Crippen molar-refractivity contribution in [2.75, 3.05) is 26.4 Å². The van der Waals surface area contributed by atoms with E-state index in [0.717, 1.165) is 6.92 Å². The number of carbonyl (C=O) groups is 4. The van der Waals surface area contributed by atoms with Crippen LogP contribution in [0.25, 0.3) is 0 Å². The summed E-state index contributed by atoms with van der Waals surface area (Å²) in [6.07, 6.45) is -7.48. The number of hydrogen-bond acceptors (Lipinski definition) is 11. The SMILES string of the molecule is CC(=O)OC(=O)C(OCC(O)CO)C(CC(=O)O)(CC(=O)O)OCC(O)CO. The van der Waals surface area contributed by atoms with E-state index >= 15 is 0 Å². The maximum Gasteiger partial charge on any atom is 0.345 e. The van der Waals surface area contributed by atoms with Crippen molar-refractivity contribution in [3.05, 3.63) is 0 Å². The van der Waals surface area contributed by atoms with E-state index in [1.807, 2.05) is 0 Å². The van der Waals surface area contributed by atoms with Crippen LogP contribution in [0.1, 0.15) is 19.8 Å². The molecule has 0 saturated heterocycles. The van der Waals surface area contributed by atoms with Crippen LogP contribution in [0.2, 0.25) is 0 Å². The van der Waals surface area contributed by atoms with Crippen LogP contribution in [0.15, 0.2) is 0 Å². The van der Waals surface area contributed by atoms with Gasteiger partial charge in [0.05, 0.1) is 39.3 Å². The second-order valence-corrected chi connectivity index (χ2v) is 5.82. The third kappa shape index (κ3) is 9.16. The minimum absolute atomic E-state index is 0.763. The fourth-order valence-electron chi connectivity index (χ4n) is 2.14. The Morgan fingerprint density at radius 3 is 1.75 bits per heavy atom. The van der Waals surface area contributed by atoms with Gasteiger partial charge in [-0.15, -0.1) is 0 Å². The molecule has 0 rings (SSSR count). The van der Waals surface area contributed by atoms with Crippen molar-refractivity contribution >= 4 is 23.9 Å². The van der Waals surface area contributed by atoms with Gasteiger partial charge in [0.25, 0.3) is 0 Å². The molecule has 13 nitrogen and oxygen atoms in total. The molecule has 6 N–H and O–H groups in total. The minimum atomic E-state index is -2.48. The van der Waals surface area contributed by atoms with Crippen molar-refractivity contribution in [1.29, 1.82) is 0 Å². The highest BCUT2D eigenvalue weighted by molar-refractivity contribution is 5.89. The first-order chi connectivity index (χ1) is 13.0. The summed E-state index contributed by atoms with van der Waals surface area (Å²) in [5, 5.41) is 54.9. The molecule has 0 bridgehead atoms. The molecule has 0 amide bonds. The highest BCUT2D eigenvalue weighted by atomic mass is 16.6. The summed E-state index contributed by atoms with van der Waals surface area (Å²) in [6.45, 7) is -2.32. The largest absolute Gasteiger partial charge is 0.481 e. The molecule has 13 heteroatoms. The number of aliphatic hydroxyl groups excluding tert-OH is 4. The van der Waals surface area contributed by atoms with E-state index < -0.39 is 87.1 Å². The third-order valence-corrected chi connectivity index (χ3v) is 3.28. The lowest BCUT2D eigenvalue weighted by atomic mass is 9.88. The van der Waals surface area contributed by atoms with Gasteiger partial charge in [-0.3, -0.25) is 14.4 Å². The Bertz CT molecular complexity index is 530. The number of aliphatic hydroxyl groups is 4. The fourth-order valence-corrected chi connectivity index (χ4v) is 2.14. The maximum absolute atomic E-state index is 12.3. The number of aliphatic carboxylic acids is 2. The number of hydrogen-bond donors (Lipinski definition) is 6. The van der Waals surface area contributed by atoms with Gasteiger partial charge in [-0.1, -0.05) is 0 Å². The number of carboxylic acids is 2. The molecule has 0 radical (unpaired) electrons. The van der Waals surface area contributed by atoms with Crippen molar-refractivity contribution < 1.29 is 64.0 Å². The normalized spacial score (nSPS) is 14.8. The van der Waals surface area contributed by atoms with Crippen LogP contribution in [0.5, 0.6) is 0 Å². The Labute approximate surface area is 159 Å². The minimum Gasteiger partial charge on any atom is -0.481 e. The smallest absolute Gasteiger partial charge is 0.345 e. The molecule has 0 aromatic heterocycles. The van der Waals surface area contributed by atoms with E-state index in [2.05, 4.69) is 4.74 Å². The average Bonchev–Trinajstić information content (AvgIpc) is 2.57. The Kier molecular flexibility index (Phi) is 11.4. The molecular formula is C15H24O13. The Balaban J connectivity index is 6.07. The second kappa shape index (κ2) is 12.3. The van der Waals surface area contributed by atoms with Gasteiger partial charge in [-0.25, -0.2) is 4.79 Å². The maximum atomic E-state index is 12.3. The number of esters is 2. The van der Waals surface area contributed by atoms with E-state index in [1.165, 1.54) is 0 Å². The van der Waals surface area contributed by atoms with Crippen LogP contribution in [-0.2, 0) is 33.4 Å². The van der Waals surface area contributed by atoms with Gasteiger partial charge in [0.1, 0.15) is 17.8 Å². The molecule has 28 heavy (non-hydrogen) atoms. The molecule has 3 unspecified atom stereocenters. The van der Waals surface area contributed by atoms with Gasteiger partial charge in [0.2, 0.25) is 0 Å². The second-order valence-electron chi connectivity index (χ2n) is 5.82. The number of carboxylic acid groups (broad SMARTS) is 2. The van der Waals surface area contributed by atoms with Gasteiger partial charge in [-0.2, -0.15) is 0 Å². The summed E-state index contributed by atoms with van der Waals surface area (Å²) in [5.74, 6) is -5.85. The van der Waals surface area contributed by atoms with E-state index in [-0.39, 0.29) is 0 Å². The zero-order valence-electron chi connectivity index (χ0n) is 15.0. The van der Waals surface area contributed by atoms with Crippen LogP contribution in [0.4, 0.5) is 0 Å². The summed E-state index contributed by atoms with van der Waals surface area (Å²) in [6, 6.07) is 0.